The van der Waals surface area contributed by atoms with Gasteiger partial charge in [0.1, 0.15) is 11.6 Å². The van der Waals surface area contributed by atoms with E-state index >= 15 is 0 Å². The summed E-state index contributed by atoms with van der Waals surface area (Å²) in [6, 6.07) is 1.88. The molecule has 0 fully saturated rings. The van der Waals surface area contributed by atoms with E-state index in [9.17, 15) is 4.79 Å². The van der Waals surface area contributed by atoms with E-state index in [1.807, 2.05) is 26.2 Å². The molecule has 0 aliphatic carbocycles. The summed E-state index contributed by atoms with van der Waals surface area (Å²) in [7, 11) is 1.83. The van der Waals surface area contributed by atoms with E-state index in [0.29, 0.717) is 6.42 Å². The number of carbonyl (C=O) groups is 1. The van der Waals surface area contributed by atoms with Gasteiger partial charge in [0.25, 0.3) is 0 Å². The van der Waals surface area contributed by atoms with Crippen molar-refractivity contribution < 1.29 is 4.79 Å². The van der Waals surface area contributed by atoms with Crippen molar-refractivity contribution in [3.05, 3.63) is 30.0 Å². The van der Waals surface area contributed by atoms with E-state index in [1.54, 1.807) is 10.9 Å². The summed E-state index contributed by atoms with van der Waals surface area (Å²) in [5.74, 6) is 1.78. The molecule has 1 aliphatic rings. The molecular formula is C13H17N5O. The molecule has 0 bridgehead atoms. The smallest absolute Gasteiger partial charge is 0.229 e. The average Bonchev–Trinajstić information content (AvgIpc) is 2.95. The predicted molar refractivity (Wildman–Crippen MR) is 70.6 cm³/mol. The number of nitrogens with zero attached hydrogens (tertiary/aromatic N) is 4. The highest BCUT2D eigenvalue weighted by Crippen LogP contribution is 2.21. The van der Waals surface area contributed by atoms with Gasteiger partial charge in [-0.3, -0.25) is 9.48 Å². The molecule has 1 unspecified atom stereocenters. The maximum Gasteiger partial charge on any atom is 0.229 e. The molecule has 0 spiro atoms. The molecule has 1 aliphatic heterocycles. The molecule has 0 radical (unpaired) electrons. The third-order valence-electron chi connectivity index (χ3n) is 3.57. The fourth-order valence-electron chi connectivity index (χ4n) is 2.53. The van der Waals surface area contributed by atoms with E-state index in [2.05, 4.69) is 20.0 Å². The van der Waals surface area contributed by atoms with Crippen molar-refractivity contribution in [1.29, 1.82) is 0 Å². The van der Waals surface area contributed by atoms with Crippen LogP contribution in [0.5, 0.6) is 0 Å². The molecule has 2 aromatic heterocycles. The number of imidazole rings is 1. The maximum atomic E-state index is 12.3. The molecule has 19 heavy (non-hydrogen) atoms. The monoisotopic (exact) mass is 259 g/mol. The lowest BCUT2D eigenvalue weighted by Gasteiger charge is -2.22. The van der Waals surface area contributed by atoms with Crippen LogP contribution in [0.2, 0.25) is 0 Å². The van der Waals surface area contributed by atoms with Crippen molar-refractivity contribution >= 4 is 11.7 Å². The first kappa shape index (κ1) is 12.0. The molecule has 3 heterocycles. The quantitative estimate of drug-likeness (QED) is 0.879. The van der Waals surface area contributed by atoms with Gasteiger partial charge in [0.05, 0.1) is 5.69 Å². The third-order valence-corrected chi connectivity index (χ3v) is 3.57. The Kier molecular flexibility index (Phi) is 2.85. The minimum Gasteiger partial charge on any atom is -0.335 e. The highest BCUT2D eigenvalue weighted by molar-refractivity contribution is 5.92. The van der Waals surface area contributed by atoms with Gasteiger partial charge in [0.15, 0.2) is 0 Å². The number of aromatic nitrogens is 4. The Hall–Kier alpha value is -2.11. The van der Waals surface area contributed by atoms with Crippen LogP contribution in [0, 0.1) is 12.8 Å². The predicted octanol–water partition coefficient (Wildman–Crippen LogP) is 1.13. The van der Waals surface area contributed by atoms with Crippen molar-refractivity contribution in [1.82, 2.24) is 19.3 Å². The van der Waals surface area contributed by atoms with Crippen LogP contribution in [0.4, 0.5) is 5.82 Å². The first-order valence-corrected chi connectivity index (χ1v) is 6.45. The lowest BCUT2D eigenvalue weighted by atomic mass is 9.97. The Bertz CT molecular complexity index is 612. The molecule has 1 N–H and O–H groups in total. The second-order valence-corrected chi connectivity index (χ2v) is 5.01. The average molecular weight is 259 g/mol. The number of anilines is 1. The minimum atomic E-state index is -0.00916. The van der Waals surface area contributed by atoms with Crippen LogP contribution in [-0.2, 0) is 24.8 Å². The Balaban J connectivity index is 1.70. The van der Waals surface area contributed by atoms with Gasteiger partial charge in [-0.2, -0.15) is 5.10 Å². The van der Waals surface area contributed by atoms with Crippen LogP contribution >= 0.6 is 0 Å². The summed E-state index contributed by atoms with van der Waals surface area (Å²) in [6.45, 7) is 2.77. The van der Waals surface area contributed by atoms with Crippen molar-refractivity contribution in [3.8, 4) is 0 Å². The zero-order chi connectivity index (χ0) is 13.4. The maximum absolute atomic E-state index is 12.3. The molecule has 100 valence electrons. The number of amides is 1. The third kappa shape index (κ3) is 2.25. The van der Waals surface area contributed by atoms with Crippen molar-refractivity contribution in [3.63, 3.8) is 0 Å². The van der Waals surface area contributed by atoms with Gasteiger partial charge in [0.2, 0.25) is 5.91 Å². The summed E-state index contributed by atoms with van der Waals surface area (Å²) >= 11 is 0. The van der Waals surface area contributed by atoms with Gasteiger partial charge in [-0.05, 0) is 13.3 Å². The fraction of sp³-hybridized carbons (Fsp3) is 0.462. The lowest BCUT2D eigenvalue weighted by Crippen LogP contribution is -2.30. The van der Waals surface area contributed by atoms with Crippen molar-refractivity contribution in [2.24, 2.45) is 13.0 Å². The standard InChI is InChI=1S/C13H17N5O/c1-9-7-12(17(2)16-9)15-13(19)10-3-5-18-6-4-14-11(18)8-10/h4,6-7,10H,3,5,8H2,1-2H3,(H,15,19). The van der Waals surface area contributed by atoms with Crippen LogP contribution in [-0.4, -0.2) is 25.2 Å². The van der Waals surface area contributed by atoms with Gasteiger partial charge in [-0.1, -0.05) is 0 Å². The summed E-state index contributed by atoms with van der Waals surface area (Å²) in [5, 5.41) is 7.17. The molecule has 2 aromatic rings. The molecule has 0 saturated carbocycles. The Labute approximate surface area is 111 Å². The van der Waals surface area contributed by atoms with Gasteiger partial charge in [0, 0.05) is 44.4 Å². The number of hydrogen-bond acceptors (Lipinski definition) is 3. The second-order valence-electron chi connectivity index (χ2n) is 5.01. The topological polar surface area (TPSA) is 64.7 Å². The Morgan fingerprint density at radius 1 is 1.53 bits per heavy atom. The van der Waals surface area contributed by atoms with Gasteiger partial charge in [-0.25, -0.2) is 4.98 Å². The number of carbonyl (C=O) groups excluding carboxylic acids is 1. The summed E-state index contributed by atoms with van der Waals surface area (Å²) in [5.41, 5.74) is 0.900. The highest BCUT2D eigenvalue weighted by atomic mass is 16.2. The van der Waals surface area contributed by atoms with Crippen LogP contribution in [0.15, 0.2) is 18.5 Å². The zero-order valence-electron chi connectivity index (χ0n) is 11.1. The Morgan fingerprint density at radius 2 is 2.37 bits per heavy atom. The van der Waals surface area contributed by atoms with Crippen molar-refractivity contribution in [2.45, 2.75) is 26.3 Å². The molecule has 0 aromatic carbocycles. The molecule has 6 nitrogen and oxygen atoms in total. The summed E-state index contributed by atoms with van der Waals surface area (Å²) in [4.78, 5) is 16.6. The SMILES string of the molecule is Cc1cc(NC(=O)C2CCn3ccnc3C2)n(C)n1. The van der Waals surface area contributed by atoms with Crippen molar-refractivity contribution in [2.75, 3.05) is 5.32 Å². The van der Waals surface area contributed by atoms with Crippen LogP contribution < -0.4 is 5.32 Å². The van der Waals surface area contributed by atoms with Crippen LogP contribution in [0.1, 0.15) is 17.9 Å². The Morgan fingerprint density at radius 3 is 3.11 bits per heavy atom. The molecular weight excluding hydrogens is 242 g/mol. The van der Waals surface area contributed by atoms with E-state index in [1.165, 1.54) is 0 Å². The molecule has 1 amide bonds. The molecule has 3 rings (SSSR count). The number of rotatable bonds is 2. The van der Waals surface area contributed by atoms with Gasteiger partial charge < -0.3 is 9.88 Å². The van der Waals surface area contributed by atoms with Gasteiger partial charge >= 0.3 is 0 Å². The molecule has 1 atom stereocenters. The van der Waals surface area contributed by atoms with E-state index in [-0.39, 0.29) is 11.8 Å². The van der Waals surface area contributed by atoms with Crippen LogP contribution in [0.25, 0.3) is 0 Å². The lowest BCUT2D eigenvalue weighted by molar-refractivity contribution is -0.120. The first-order valence-electron chi connectivity index (χ1n) is 6.45. The first-order chi connectivity index (χ1) is 9.13. The zero-order valence-corrected chi connectivity index (χ0v) is 11.1. The number of hydrogen-bond donors (Lipinski definition) is 1. The highest BCUT2D eigenvalue weighted by Gasteiger charge is 2.25. The number of nitrogens with one attached hydrogen (secondary N) is 1. The van der Waals surface area contributed by atoms with E-state index in [0.717, 1.165) is 30.3 Å². The van der Waals surface area contributed by atoms with Gasteiger partial charge in [-0.15, -0.1) is 0 Å². The molecule has 6 heteroatoms. The normalized spacial score (nSPS) is 18.1. The summed E-state index contributed by atoms with van der Waals surface area (Å²) in [6.07, 6.45) is 5.32. The molecule has 0 saturated heterocycles. The van der Waals surface area contributed by atoms with Crippen LogP contribution in [0.3, 0.4) is 0 Å². The van der Waals surface area contributed by atoms with E-state index < -0.39 is 0 Å². The largest absolute Gasteiger partial charge is 0.335 e. The fourth-order valence-corrected chi connectivity index (χ4v) is 2.53. The number of fused-ring (bicyclic) bond motifs is 1. The second kappa shape index (κ2) is 4.53. The number of aryl methyl sites for hydroxylation is 3. The minimum absolute atomic E-state index is 0.00916. The van der Waals surface area contributed by atoms with E-state index in [4.69, 9.17) is 0 Å². The summed E-state index contributed by atoms with van der Waals surface area (Å²) < 4.78 is 3.80.